The molecule has 1 amide bonds. The molecule has 0 bridgehead atoms. The van der Waals surface area contributed by atoms with Gasteiger partial charge in [0.1, 0.15) is 11.9 Å². The largest absolute Gasteiger partial charge is 0.397 e. The number of aryl methyl sites for hydroxylation is 1. The number of benzene rings is 1. The van der Waals surface area contributed by atoms with Crippen molar-refractivity contribution in [2.24, 2.45) is 0 Å². The van der Waals surface area contributed by atoms with E-state index in [4.69, 9.17) is 11.0 Å². The molecule has 0 atom stereocenters. The molecule has 0 radical (unpaired) electrons. The SMILES string of the molecule is N#Cc1nccn1CCC(=O)Nc1ccc(F)cc1N. The van der Waals surface area contributed by atoms with Crippen LogP contribution >= 0.6 is 0 Å². The van der Waals surface area contributed by atoms with Gasteiger partial charge in [-0.25, -0.2) is 9.37 Å². The van der Waals surface area contributed by atoms with E-state index in [-0.39, 0.29) is 23.8 Å². The second kappa shape index (κ2) is 5.84. The second-order valence-corrected chi connectivity index (χ2v) is 4.09. The number of imidazole rings is 1. The van der Waals surface area contributed by atoms with E-state index >= 15 is 0 Å². The third kappa shape index (κ3) is 3.11. The number of carbonyl (C=O) groups is 1. The van der Waals surface area contributed by atoms with E-state index in [1.807, 2.05) is 6.07 Å². The minimum atomic E-state index is -0.461. The Balaban J connectivity index is 1.95. The molecule has 1 aromatic heterocycles. The summed E-state index contributed by atoms with van der Waals surface area (Å²) in [6.45, 7) is 0.329. The van der Waals surface area contributed by atoms with Gasteiger partial charge in [0, 0.05) is 25.4 Å². The molecule has 0 saturated heterocycles. The first kappa shape index (κ1) is 13.5. The minimum absolute atomic E-state index is 0.155. The van der Waals surface area contributed by atoms with Crippen molar-refractivity contribution in [2.75, 3.05) is 11.1 Å². The molecule has 1 heterocycles. The predicted octanol–water partition coefficient (Wildman–Crippen LogP) is 1.50. The average Bonchev–Trinajstić information content (AvgIpc) is 2.87. The lowest BCUT2D eigenvalue weighted by Gasteiger charge is -2.08. The summed E-state index contributed by atoms with van der Waals surface area (Å²) in [7, 11) is 0. The first-order valence-electron chi connectivity index (χ1n) is 5.86. The molecule has 0 aliphatic rings. The quantitative estimate of drug-likeness (QED) is 0.825. The zero-order valence-electron chi connectivity index (χ0n) is 10.5. The number of halogens is 1. The van der Waals surface area contributed by atoms with Crippen LogP contribution in [-0.4, -0.2) is 15.5 Å². The van der Waals surface area contributed by atoms with Crippen LogP contribution in [0.25, 0.3) is 0 Å². The molecule has 0 unspecified atom stereocenters. The van der Waals surface area contributed by atoms with Crippen molar-refractivity contribution in [2.45, 2.75) is 13.0 Å². The summed E-state index contributed by atoms with van der Waals surface area (Å²) in [5.41, 5.74) is 6.12. The third-order valence-electron chi connectivity index (χ3n) is 2.68. The molecular formula is C13H12FN5O. The van der Waals surface area contributed by atoms with Gasteiger partial charge in [0.25, 0.3) is 0 Å². The van der Waals surface area contributed by atoms with Gasteiger partial charge in [-0.1, -0.05) is 0 Å². The summed E-state index contributed by atoms with van der Waals surface area (Å²) in [5, 5.41) is 11.4. The van der Waals surface area contributed by atoms with Gasteiger partial charge >= 0.3 is 0 Å². The lowest BCUT2D eigenvalue weighted by Crippen LogP contribution is -2.15. The fourth-order valence-corrected chi connectivity index (χ4v) is 1.68. The van der Waals surface area contributed by atoms with Crippen molar-refractivity contribution in [1.29, 1.82) is 5.26 Å². The number of rotatable bonds is 4. The van der Waals surface area contributed by atoms with Gasteiger partial charge in [-0.05, 0) is 18.2 Å². The normalized spacial score (nSPS) is 10.0. The van der Waals surface area contributed by atoms with Gasteiger partial charge < -0.3 is 15.6 Å². The summed E-state index contributed by atoms with van der Waals surface area (Å²) in [6.07, 6.45) is 3.27. The molecule has 2 aromatic rings. The van der Waals surface area contributed by atoms with E-state index in [1.165, 1.54) is 18.3 Å². The highest BCUT2D eigenvalue weighted by Gasteiger charge is 2.08. The number of hydrogen-bond donors (Lipinski definition) is 2. The monoisotopic (exact) mass is 273 g/mol. The maximum absolute atomic E-state index is 12.9. The highest BCUT2D eigenvalue weighted by Crippen LogP contribution is 2.19. The van der Waals surface area contributed by atoms with Crippen molar-refractivity contribution in [3.63, 3.8) is 0 Å². The topological polar surface area (TPSA) is 96.7 Å². The summed E-state index contributed by atoms with van der Waals surface area (Å²) in [5.74, 6) is -0.488. The molecule has 0 aliphatic carbocycles. The van der Waals surface area contributed by atoms with E-state index in [1.54, 1.807) is 10.8 Å². The molecule has 102 valence electrons. The van der Waals surface area contributed by atoms with Gasteiger partial charge in [0.05, 0.1) is 11.4 Å². The molecular weight excluding hydrogens is 261 g/mol. The number of nitrogen functional groups attached to an aromatic ring is 1. The first-order chi connectivity index (χ1) is 9.60. The Morgan fingerprint density at radius 2 is 2.35 bits per heavy atom. The van der Waals surface area contributed by atoms with Gasteiger partial charge in [0.2, 0.25) is 11.7 Å². The van der Waals surface area contributed by atoms with E-state index in [0.717, 1.165) is 6.07 Å². The smallest absolute Gasteiger partial charge is 0.226 e. The minimum Gasteiger partial charge on any atom is -0.397 e. The standard InChI is InChI=1S/C13H12FN5O/c14-9-1-2-11(10(16)7-9)18-13(20)3-5-19-6-4-17-12(19)8-15/h1-2,4,6-7H,3,5,16H2,(H,18,20). The van der Waals surface area contributed by atoms with Gasteiger partial charge in [0.15, 0.2) is 0 Å². The average molecular weight is 273 g/mol. The zero-order chi connectivity index (χ0) is 14.5. The van der Waals surface area contributed by atoms with E-state index in [2.05, 4.69) is 10.3 Å². The van der Waals surface area contributed by atoms with Crippen LogP contribution in [0.3, 0.4) is 0 Å². The van der Waals surface area contributed by atoms with Crippen LogP contribution in [0.2, 0.25) is 0 Å². The number of aromatic nitrogens is 2. The van der Waals surface area contributed by atoms with E-state index in [0.29, 0.717) is 12.2 Å². The number of anilines is 2. The van der Waals surface area contributed by atoms with Crippen molar-refractivity contribution in [3.05, 3.63) is 42.2 Å². The summed E-state index contributed by atoms with van der Waals surface area (Å²) in [6, 6.07) is 5.68. The Labute approximate surface area is 114 Å². The Kier molecular flexibility index (Phi) is 3.96. The van der Waals surface area contributed by atoms with Crippen molar-refractivity contribution in [1.82, 2.24) is 9.55 Å². The van der Waals surface area contributed by atoms with Gasteiger partial charge in [-0.3, -0.25) is 4.79 Å². The number of nitrogens with zero attached hydrogens (tertiary/aromatic N) is 3. The van der Waals surface area contributed by atoms with E-state index in [9.17, 15) is 9.18 Å². The van der Waals surface area contributed by atoms with Crippen LogP contribution in [0.15, 0.2) is 30.6 Å². The van der Waals surface area contributed by atoms with Crippen molar-refractivity contribution >= 4 is 17.3 Å². The number of carbonyl (C=O) groups excluding carboxylic acids is 1. The Morgan fingerprint density at radius 3 is 3.05 bits per heavy atom. The molecule has 0 saturated carbocycles. The van der Waals surface area contributed by atoms with Crippen LogP contribution in [0.4, 0.5) is 15.8 Å². The molecule has 2 rings (SSSR count). The molecule has 3 N–H and O–H groups in total. The molecule has 20 heavy (non-hydrogen) atoms. The van der Waals surface area contributed by atoms with Crippen LogP contribution < -0.4 is 11.1 Å². The highest BCUT2D eigenvalue weighted by molar-refractivity contribution is 5.93. The number of nitrogens with one attached hydrogen (secondary N) is 1. The zero-order valence-corrected chi connectivity index (χ0v) is 10.5. The molecule has 6 nitrogen and oxygen atoms in total. The fourth-order valence-electron chi connectivity index (χ4n) is 1.68. The lowest BCUT2D eigenvalue weighted by atomic mass is 10.2. The summed E-state index contributed by atoms with van der Waals surface area (Å²) in [4.78, 5) is 15.6. The Hall–Kier alpha value is -2.88. The molecule has 0 aliphatic heterocycles. The fraction of sp³-hybridized carbons (Fsp3) is 0.154. The van der Waals surface area contributed by atoms with Crippen molar-refractivity contribution < 1.29 is 9.18 Å². The lowest BCUT2D eigenvalue weighted by molar-refractivity contribution is -0.116. The van der Waals surface area contributed by atoms with Crippen LogP contribution in [-0.2, 0) is 11.3 Å². The summed E-state index contributed by atoms with van der Waals surface area (Å²) >= 11 is 0. The van der Waals surface area contributed by atoms with Crippen LogP contribution in [0.5, 0.6) is 0 Å². The predicted molar refractivity (Wildman–Crippen MR) is 71.0 cm³/mol. The molecule has 0 fully saturated rings. The first-order valence-corrected chi connectivity index (χ1v) is 5.86. The van der Waals surface area contributed by atoms with Gasteiger partial charge in [-0.2, -0.15) is 5.26 Å². The van der Waals surface area contributed by atoms with Crippen molar-refractivity contribution in [3.8, 4) is 6.07 Å². The van der Waals surface area contributed by atoms with Crippen LogP contribution in [0.1, 0.15) is 12.2 Å². The number of nitriles is 1. The number of amides is 1. The number of hydrogen-bond acceptors (Lipinski definition) is 4. The van der Waals surface area contributed by atoms with Crippen LogP contribution in [0, 0.1) is 17.1 Å². The Bertz CT molecular complexity index is 674. The second-order valence-electron chi connectivity index (χ2n) is 4.09. The third-order valence-corrected chi connectivity index (χ3v) is 2.68. The number of nitrogens with two attached hydrogens (primary N) is 1. The maximum atomic E-state index is 12.9. The van der Waals surface area contributed by atoms with E-state index < -0.39 is 5.82 Å². The molecule has 0 spiro atoms. The summed E-state index contributed by atoms with van der Waals surface area (Å²) < 4.78 is 14.4. The molecule has 1 aromatic carbocycles. The highest BCUT2D eigenvalue weighted by atomic mass is 19.1. The van der Waals surface area contributed by atoms with Gasteiger partial charge in [-0.15, -0.1) is 0 Å². The Morgan fingerprint density at radius 1 is 1.55 bits per heavy atom. The molecule has 7 heteroatoms. The maximum Gasteiger partial charge on any atom is 0.226 e.